The fourth-order valence-corrected chi connectivity index (χ4v) is 1.56. The highest BCUT2D eigenvalue weighted by molar-refractivity contribution is 5.39. The number of para-hydroxylation sites is 2. The summed E-state index contributed by atoms with van der Waals surface area (Å²) in [7, 11) is 0. The lowest BCUT2D eigenvalue weighted by molar-refractivity contribution is -0.275. The molecule has 0 spiro atoms. The maximum absolute atomic E-state index is 12.3. The van der Waals surface area contributed by atoms with Crippen LogP contribution in [0.15, 0.2) is 24.3 Å². The first kappa shape index (κ1) is 17.6. The van der Waals surface area contributed by atoms with Crippen LogP contribution in [0.4, 0.5) is 13.2 Å². The third kappa shape index (κ3) is 6.71. The highest BCUT2D eigenvalue weighted by Crippen LogP contribution is 2.32. The fourth-order valence-electron chi connectivity index (χ4n) is 1.56. The van der Waals surface area contributed by atoms with Crippen molar-refractivity contribution in [1.29, 1.82) is 0 Å². The maximum atomic E-state index is 12.3. The highest BCUT2D eigenvalue weighted by Gasteiger charge is 2.32. The van der Waals surface area contributed by atoms with E-state index in [-0.39, 0.29) is 23.1 Å². The van der Waals surface area contributed by atoms with Gasteiger partial charge in [-0.05, 0) is 39.3 Å². The van der Waals surface area contributed by atoms with E-state index in [9.17, 15) is 13.2 Å². The average molecular weight is 305 g/mol. The largest absolute Gasteiger partial charge is 0.573 e. The van der Waals surface area contributed by atoms with Crippen molar-refractivity contribution in [2.24, 2.45) is 0 Å². The lowest BCUT2D eigenvalue weighted by Gasteiger charge is -2.27. The van der Waals surface area contributed by atoms with Crippen LogP contribution in [-0.4, -0.2) is 24.6 Å². The van der Waals surface area contributed by atoms with Crippen LogP contribution in [-0.2, 0) is 0 Å². The molecule has 0 saturated carbocycles. The molecule has 21 heavy (non-hydrogen) atoms. The summed E-state index contributed by atoms with van der Waals surface area (Å²) in [6, 6.07) is 5.77. The molecule has 0 saturated heterocycles. The van der Waals surface area contributed by atoms with Gasteiger partial charge >= 0.3 is 6.36 Å². The SMILES string of the molecule is CCC(C)(C)NCC(C)Oc1ccccc1OC(F)(F)F. The molecular formula is C15H22F3NO2. The van der Waals surface area contributed by atoms with E-state index >= 15 is 0 Å². The summed E-state index contributed by atoms with van der Waals surface area (Å²) in [5.41, 5.74) is -0.0421. The number of hydrogen-bond donors (Lipinski definition) is 1. The van der Waals surface area contributed by atoms with Crippen molar-refractivity contribution in [3.05, 3.63) is 24.3 Å². The van der Waals surface area contributed by atoms with E-state index in [0.29, 0.717) is 6.54 Å². The first-order valence-electron chi connectivity index (χ1n) is 6.89. The zero-order valence-corrected chi connectivity index (χ0v) is 12.8. The Morgan fingerprint density at radius 1 is 1.14 bits per heavy atom. The van der Waals surface area contributed by atoms with Gasteiger partial charge in [0.2, 0.25) is 0 Å². The Hall–Kier alpha value is -1.43. The zero-order valence-electron chi connectivity index (χ0n) is 12.8. The van der Waals surface area contributed by atoms with Crippen molar-refractivity contribution < 1.29 is 22.6 Å². The monoisotopic (exact) mass is 305 g/mol. The minimum absolute atomic E-state index is 0.0421. The molecular weight excluding hydrogens is 283 g/mol. The highest BCUT2D eigenvalue weighted by atomic mass is 19.4. The van der Waals surface area contributed by atoms with Gasteiger partial charge < -0.3 is 14.8 Å². The first-order chi connectivity index (χ1) is 9.63. The van der Waals surface area contributed by atoms with E-state index in [2.05, 4.69) is 30.8 Å². The maximum Gasteiger partial charge on any atom is 0.573 e. The van der Waals surface area contributed by atoms with Gasteiger partial charge in [-0.1, -0.05) is 19.1 Å². The normalized spacial score (nSPS) is 13.9. The van der Waals surface area contributed by atoms with E-state index in [0.717, 1.165) is 6.42 Å². The number of benzene rings is 1. The summed E-state index contributed by atoms with van der Waals surface area (Å²) in [6.07, 6.45) is -4.08. The van der Waals surface area contributed by atoms with Crippen LogP contribution in [0.2, 0.25) is 0 Å². The van der Waals surface area contributed by atoms with E-state index in [1.807, 2.05) is 0 Å². The molecule has 1 unspecified atom stereocenters. The second-order valence-electron chi connectivity index (χ2n) is 5.54. The molecule has 0 radical (unpaired) electrons. The molecule has 120 valence electrons. The molecule has 0 heterocycles. The van der Waals surface area contributed by atoms with Crippen molar-refractivity contribution >= 4 is 0 Å². The van der Waals surface area contributed by atoms with Crippen molar-refractivity contribution in [3.8, 4) is 11.5 Å². The summed E-state index contributed by atoms with van der Waals surface area (Å²) < 4.78 is 46.5. The van der Waals surface area contributed by atoms with Gasteiger partial charge in [-0.15, -0.1) is 13.2 Å². The number of hydrogen-bond acceptors (Lipinski definition) is 3. The van der Waals surface area contributed by atoms with Gasteiger partial charge in [0.15, 0.2) is 11.5 Å². The topological polar surface area (TPSA) is 30.5 Å². The quantitative estimate of drug-likeness (QED) is 0.821. The predicted molar refractivity (Wildman–Crippen MR) is 75.6 cm³/mol. The van der Waals surface area contributed by atoms with Crippen LogP contribution in [0.5, 0.6) is 11.5 Å². The second kappa shape index (κ2) is 7.02. The molecule has 0 aliphatic rings. The number of halogens is 3. The molecule has 0 amide bonds. The Morgan fingerprint density at radius 2 is 1.71 bits per heavy atom. The molecule has 1 aromatic rings. The Morgan fingerprint density at radius 3 is 2.24 bits per heavy atom. The molecule has 1 atom stereocenters. The van der Waals surface area contributed by atoms with Crippen molar-refractivity contribution in [1.82, 2.24) is 5.32 Å². The molecule has 0 bridgehead atoms. The van der Waals surface area contributed by atoms with Gasteiger partial charge in [0.05, 0.1) is 0 Å². The third-order valence-corrected chi connectivity index (χ3v) is 3.15. The van der Waals surface area contributed by atoms with Gasteiger partial charge in [-0.25, -0.2) is 0 Å². The first-order valence-corrected chi connectivity index (χ1v) is 6.89. The molecule has 0 aliphatic carbocycles. The summed E-state index contributed by atoms with van der Waals surface area (Å²) in [5.74, 6) is -0.245. The number of rotatable bonds is 7. The molecule has 1 aromatic carbocycles. The Bertz CT molecular complexity index is 447. The lowest BCUT2D eigenvalue weighted by atomic mass is 10.0. The smallest absolute Gasteiger partial charge is 0.485 e. The van der Waals surface area contributed by atoms with Crippen LogP contribution >= 0.6 is 0 Å². The Labute approximate surface area is 123 Å². The van der Waals surface area contributed by atoms with Crippen molar-refractivity contribution in [2.75, 3.05) is 6.54 Å². The number of ether oxygens (including phenoxy) is 2. The van der Waals surface area contributed by atoms with Gasteiger partial charge in [-0.2, -0.15) is 0 Å². The van der Waals surface area contributed by atoms with Crippen LogP contribution in [0.3, 0.4) is 0 Å². The summed E-state index contributed by atoms with van der Waals surface area (Å²) >= 11 is 0. The van der Waals surface area contributed by atoms with E-state index in [1.165, 1.54) is 18.2 Å². The van der Waals surface area contributed by atoms with Crippen molar-refractivity contribution in [3.63, 3.8) is 0 Å². The molecule has 6 heteroatoms. The minimum atomic E-state index is -4.73. The molecule has 0 aromatic heterocycles. The Balaban J connectivity index is 2.66. The molecule has 0 fully saturated rings. The number of nitrogens with one attached hydrogen (secondary N) is 1. The van der Waals surface area contributed by atoms with E-state index < -0.39 is 6.36 Å². The molecule has 1 N–H and O–H groups in total. The van der Waals surface area contributed by atoms with Gasteiger partial charge in [0.1, 0.15) is 6.10 Å². The lowest BCUT2D eigenvalue weighted by Crippen LogP contribution is -2.43. The van der Waals surface area contributed by atoms with Gasteiger partial charge in [0, 0.05) is 12.1 Å². The fraction of sp³-hybridized carbons (Fsp3) is 0.600. The van der Waals surface area contributed by atoms with Crippen molar-refractivity contribution in [2.45, 2.75) is 52.1 Å². The van der Waals surface area contributed by atoms with Gasteiger partial charge in [-0.3, -0.25) is 0 Å². The summed E-state index contributed by atoms with van der Waals surface area (Å²) in [6.45, 7) is 8.50. The van der Waals surface area contributed by atoms with Crippen LogP contribution in [0.1, 0.15) is 34.1 Å². The van der Waals surface area contributed by atoms with E-state index in [1.54, 1.807) is 13.0 Å². The van der Waals surface area contributed by atoms with Crippen LogP contribution < -0.4 is 14.8 Å². The minimum Gasteiger partial charge on any atom is -0.485 e. The second-order valence-corrected chi connectivity index (χ2v) is 5.54. The van der Waals surface area contributed by atoms with Crippen LogP contribution in [0.25, 0.3) is 0 Å². The Kier molecular flexibility index (Phi) is 5.89. The zero-order chi connectivity index (χ0) is 16.1. The molecule has 1 rings (SSSR count). The van der Waals surface area contributed by atoms with Crippen LogP contribution in [0, 0.1) is 0 Å². The molecule has 3 nitrogen and oxygen atoms in total. The van der Waals surface area contributed by atoms with E-state index in [4.69, 9.17) is 4.74 Å². The molecule has 0 aliphatic heterocycles. The average Bonchev–Trinajstić information content (AvgIpc) is 2.37. The third-order valence-electron chi connectivity index (χ3n) is 3.15. The predicted octanol–water partition coefficient (Wildman–Crippen LogP) is 4.13. The van der Waals surface area contributed by atoms with Gasteiger partial charge in [0.25, 0.3) is 0 Å². The standard InChI is InChI=1S/C15H22F3NO2/c1-5-14(3,4)19-10-11(2)20-12-8-6-7-9-13(12)21-15(16,17)18/h6-9,11,19H,5,10H2,1-4H3. The number of alkyl halides is 3. The summed E-state index contributed by atoms with van der Waals surface area (Å²) in [4.78, 5) is 0. The summed E-state index contributed by atoms with van der Waals surface area (Å²) in [5, 5.41) is 3.31.